The molecular weight excluding hydrogens is 326 g/mol. The molecule has 124 valence electrons. The first-order valence-electron chi connectivity index (χ1n) is 7.84. The van der Waals surface area contributed by atoms with Gasteiger partial charge in [-0.2, -0.15) is 0 Å². The Kier molecular flexibility index (Phi) is 3.38. The van der Waals surface area contributed by atoms with E-state index in [1.165, 1.54) is 4.31 Å². The third-order valence-corrected chi connectivity index (χ3v) is 6.43. The van der Waals surface area contributed by atoms with E-state index in [9.17, 15) is 13.2 Å². The molecule has 2 unspecified atom stereocenters. The van der Waals surface area contributed by atoms with Crippen LogP contribution in [-0.4, -0.2) is 20.9 Å². The molecule has 2 atom stereocenters. The minimum absolute atomic E-state index is 0.146. The van der Waals surface area contributed by atoms with Crippen LogP contribution in [0.15, 0.2) is 53.4 Å². The molecule has 24 heavy (non-hydrogen) atoms. The molecule has 1 fully saturated rings. The normalized spacial score (nSPS) is 22.7. The lowest BCUT2D eigenvalue weighted by molar-refractivity contribution is -0.141. The number of anilines is 1. The quantitative estimate of drug-likeness (QED) is 0.787. The summed E-state index contributed by atoms with van der Waals surface area (Å²) in [7, 11) is -3.68. The molecule has 2 aromatic rings. The molecule has 0 spiro atoms. The largest absolute Gasteiger partial charge is 0.457 e. The number of esters is 1. The zero-order valence-electron chi connectivity index (χ0n) is 13.2. The van der Waals surface area contributed by atoms with Crippen molar-refractivity contribution in [1.29, 1.82) is 0 Å². The van der Waals surface area contributed by atoms with Gasteiger partial charge in [0, 0.05) is 18.0 Å². The number of carbonyl (C=O) groups excluding carboxylic acids is 1. The van der Waals surface area contributed by atoms with Gasteiger partial charge in [0.05, 0.1) is 17.0 Å². The molecule has 2 aliphatic rings. The standard InChI is InChI=1S/C18H17NO4S/c1-12-6-8-14(9-7-12)24(21,22)19-11-13-10-17(20)23-18(13)15-4-2-3-5-16(15)19/h2-9,13,18H,10-11H2,1H3. The van der Waals surface area contributed by atoms with Crippen molar-refractivity contribution in [3.63, 3.8) is 0 Å². The number of nitrogens with zero attached hydrogens (tertiary/aromatic N) is 1. The van der Waals surface area contributed by atoms with E-state index in [0.717, 1.165) is 11.1 Å². The van der Waals surface area contributed by atoms with Gasteiger partial charge in [0.2, 0.25) is 0 Å². The molecule has 6 heteroatoms. The third kappa shape index (κ3) is 2.29. The topological polar surface area (TPSA) is 63.7 Å². The predicted octanol–water partition coefficient (Wildman–Crippen LogP) is 2.81. The van der Waals surface area contributed by atoms with Gasteiger partial charge in [0.15, 0.2) is 0 Å². The van der Waals surface area contributed by atoms with E-state index in [4.69, 9.17) is 4.74 Å². The maximum Gasteiger partial charge on any atom is 0.306 e. The first kappa shape index (κ1) is 15.2. The maximum absolute atomic E-state index is 13.1. The summed E-state index contributed by atoms with van der Waals surface area (Å²) in [5.41, 5.74) is 2.35. The van der Waals surface area contributed by atoms with E-state index >= 15 is 0 Å². The molecule has 0 N–H and O–H groups in total. The fraction of sp³-hybridized carbons (Fsp3) is 0.278. The first-order valence-corrected chi connectivity index (χ1v) is 9.28. The van der Waals surface area contributed by atoms with E-state index in [2.05, 4.69) is 0 Å². The van der Waals surface area contributed by atoms with E-state index in [0.29, 0.717) is 5.69 Å². The van der Waals surface area contributed by atoms with Crippen LogP contribution in [0.5, 0.6) is 0 Å². The summed E-state index contributed by atoms with van der Waals surface area (Å²) < 4.78 is 33.1. The van der Waals surface area contributed by atoms with Crippen LogP contribution < -0.4 is 4.31 Å². The molecule has 0 saturated carbocycles. The van der Waals surface area contributed by atoms with Crippen LogP contribution in [-0.2, 0) is 19.6 Å². The number of fused-ring (bicyclic) bond motifs is 3. The van der Waals surface area contributed by atoms with Crippen LogP contribution in [0.2, 0.25) is 0 Å². The molecule has 2 heterocycles. The van der Waals surface area contributed by atoms with Gasteiger partial charge >= 0.3 is 5.97 Å². The number of rotatable bonds is 2. The summed E-state index contributed by atoms with van der Waals surface area (Å²) in [4.78, 5) is 11.9. The van der Waals surface area contributed by atoms with Gasteiger partial charge < -0.3 is 4.74 Å². The van der Waals surface area contributed by atoms with Crippen LogP contribution in [0, 0.1) is 12.8 Å². The second-order valence-corrected chi connectivity index (χ2v) is 8.14. The molecule has 2 aliphatic heterocycles. The number of ether oxygens (including phenoxy) is 1. The molecule has 0 bridgehead atoms. The van der Waals surface area contributed by atoms with Gasteiger partial charge in [-0.15, -0.1) is 0 Å². The zero-order chi connectivity index (χ0) is 16.9. The summed E-state index contributed by atoms with van der Waals surface area (Å²) in [5, 5.41) is 0. The van der Waals surface area contributed by atoms with Gasteiger partial charge in [-0.3, -0.25) is 9.10 Å². The van der Waals surface area contributed by atoms with Gasteiger partial charge in [-0.05, 0) is 25.1 Å². The second-order valence-electron chi connectivity index (χ2n) is 6.28. The summed E-state index contributed by atoms with van der Waals surface area (Å²) in [6.45, 7) is 2.17. The Morgan fingerprint density at radius 2 is 1.79 bits per heavy atom. The third-order valence-electron chi connectivity index (χ3n) is 4.64. The van der Waals surface area contributed by atoms with E-state index in [1.807, 2.05) is 19.1 Å². The highest BCUT2D eigenvalue weighted by atomic mass is 32.2. The van der Waals surface area contributed by atoms with Gasteiger partial charge in [0.1, 0.15) is 6.10 Å². The number of carbonyl (C=O) groups is 1. The Morgan fingerprint density at radius 1 is 1.08 bits per heavy atom. The summed E-state index contributed by atoms with van der Waals surface area (Å²) in [6, 6.07) is 14.1. The van der Waals surface area contributed by atoms with Crippen molar-refractivity contribution < 1.29 is 17.9 Å². The highest BCUT2D eigenvalue weighted by Crippen LogP contribution is 2.46. The highest BCUT2D eigenvalue weighted by molar-refractivity contribution is 7.92. The monoisotopic (exact) mass is 343 g/mol. The Hall–Kier alpha value is -2.34. The lowest BCUT2D eigenvalue weighted by Crippen LogP contribution is -2.40. The lowest BCUT2D eigenvalue weighted by Gasteiger charge is -2.35. The summed E-state index contributed by atoms with van der Waals surface area (Å²) in [6.07, 6.45) is -0.1000. The first-order chi connectivity index (χ1) is 11.5. The van der Waals surface area contributed by atoms with Crippen molar-refractivity contribution in [3.05, 3.63) is 59.7 Å². The number of para-hydroxylation sites is 1. The smallest absolute Gasteiger partial charge is 0.306 e. The molecule has 5 nitrogen and oxygen atoms in total. The predicted molar refractivity (Wildman–Crippen MR) is 89.1 cm³/mol. The van der Waals surface area contributed by atoms with Gasteiger partial charge in [0.25, 0.3) is 10.0 Å². The average Bonchev–Trinajstić information content (AvgIpc) is 2.95. The number of sulfonamides is 1. The molecule has 0 aliphatic carbocycles. The Bertz CT molecular complexity index is 905. The molecule has 1 saturated heterocycles. The average molecular weight is 343 g/mol. The van der Waals surface area contributed by atoms with Crippen LogP contribution in [0.25, 0.3) is 0 Å². The van der Waals surface area contributed by atoms with Gasteiger partial charge in [-0.25, -0.2) is 8.42 Å². The van der Waals surface area contributed by atoms with Crippen LogP contribution in [0.4, 0.5) is 5.69 Å². The van der Waals surface area contributed by atoms with Gasteiger partial charge in [-0.1, -0.05) is 35.9 Å². The van der Waals surface area contributed by atoms with Crippen molar-refractivity contribution >= 4 is 21.7 Å². The lowest BCUT2D eigenvalue weighted by atomic mass is 9.90. The van der Waals surface area contributed by atoms with E-state index in [1.54, 1.807) is 36.4 Å². The summed E-state index contributed by atoms with van der Waals surface area (Å²) >= 11 is 0. The Balaban J connectivity index is 1.82. The molecule has 0 radical (unpaired) electrons. The Labute approximate surface area is 140 Å². The molecular formula is C18H17NO4S. The fourth-order valence-electron chi connectivity index (χ4n) is 3.42. The fourth-order valence-corrected chi connectivity index (χ4v) is 4.96. The minimum Gasteiger partial charge on any atom is -0.457 e. The maximum atomic E-state index is 13.1. The van der Waals surface area contributed by atoms with E-state index < -0.39 is 10.0 Å². The van der Waals surface area contributed by atoms with E-state index in [-0.39, 0.29) is 35.9 Å². The van der Waals surface area contributed by atoms with Crippen LogP contribution >= 0.6 is 0 Å². The van der Waals surface area contributed by atoms with Crippen LogP contribution in [0.3, 0.4) is 0 Å². The molecule has 0 amide bonds. The SMILES string of the molecule is Cc1ccc(S(=O)(=O)N2CC3CC(=O)OC3c3ccccc32)cc1. The molecule has 2 aromatic carbocycles. The minimum atomic E-state index is -3.68. The Morgan fingerprint density at radius 3 is 2.54 bits per heavy atom. The van der Waals surface area contributed by atoms with Crippen molar-refractivity contribution in [2.75, 3.05) is 10.8 Å². The van der Waals surface area contributed by atoms with Crippen molar-refractivity contribution in [2.45, 2.75) is 24.3 Å². The number of aryl methyl sites for hydroxylation is 1. The highest BCUT2D eigenvalue weighted by Gasteiger charge is 2.45. The van der Waals surface area contributed by atoms with Crippen molar-refractivity contribution in [1.82, 2.24) is 0 Å². The molecule has 0 aromatic heterocycles. The number of hydrogen-bond acceptors (Lipinski definition) is 4. The molecule has 4 rings (SSSR count). The second kappa shape index (κ2) is 5.34. The van der Waals surface area contributed by atoms with Crippen molar-refractivity contribution in [3.8, 4) is 0 Å². The van der Waals surface area contributed by atoms with Crippen LogP contribution in [0.1, 0.15) is 23.7 Å². The number of benzene rings is 2. The summed E-state index contributed by atoms with van der Waals surface area (Å²) in [5.74, 6) is -0.415. The number of hydrogen-bond donors (Lipinski definition) is 0. The zero-order valence-corrected chi connectivity index (χ0v) is 14.0. The van der Waals surface area contributed by atoms with Crippen molar-refractivity contribution in [2.24, 2.45) is 5.92 Å².